The lowest BCUT2D eigenvalue weighted by Gasteiger charge is -2.26. The third-order valence-corrected chi connectivity index (χ3v) is 9.40. The van der Waals surface area contributed by atoms with Gasteiger partial charge in [-0.1, -0.05) is 6.42 Å². The lowest BCUT2D eigenvalue weighted by Crippen LogP contribution is -2.40. The van der Waals surface area contributed by atoms with E-state index in [1.807, 2.05) is 0 Å². The number of amides is 1. The van der Waals surface area contributed by atoms with Gasteiger partial charge in [-0.05, 0) is 38.0 Å². The number of esters is 1. The molecule has 3 aliphatic rings. The Bertz CT molecular complexity index is 1060. The molecule has 1 aromatic carbocycles. The standard InChI is InChI=1S/C22H28N2O7S2/c1-3-31-22(26)19-15-5-4-6-18(15)32-21(19)23-20(25)16-13-14(7-8-17(16)29-2)33(27,28)24-9-11-30-12-10-24/h7-8,13,15,18H,3-6,9-12H2,1-2H3,(H,23,25). The first kappa shape index (κ1) is 24.1. The highest BCUT2D eigenvalue weighted by Gasteiger charge is 2.43. The molecule has 2 aliphatic heterocycles. The first-order valence-electron chi connectivity index (χ1n) is 11.0. The Morgan fingerprint density at radius 1 is 1.24 bits per heavy atom. The second kappa shape index (κ2) is 10.0. The number of nitrogens with zero attached hydrogens (tertiary/aromatic N) is 1. The molecule has 1 saturated carbocycles. The summed E-state index contributed by atoms with van der Waals surface area (Å²) in [6.45, 7) is 3.16. The normalized spacial score (nSPS) is 23.3. The maximum absolute atomic E-state index is 13.3. The molecule has 2 atom stereocenters. The predicted octanol–water partition coefficient (Wildman–Crippen LogP) is 2.14. The van der Waals surface area contributed by atoms with Crippen molar-refractivity contribution in [2.45, 2.75) is 36.3 Å². The minimum atomic E-state index is -3.79. The van der Waals surface area contributed by atoms with Gasteiger partial charge < -0.3 is 19.5 Å². The number of carbonyl (C=O) groups is 2. The van der Waals surface area contributed by atoms with Crippen molar-refractivity contribution in [3.63, 3.8) is 0 Å². The smallest absolute Gasteiger partial charge is 0.336 e. The van der Waals surface area contributed by atoms with Crippen molar-refractivity contribution in [2.75, 3.05) is 40.0 Å². The van der Waals surface area contributed by atoms with E-state index in [1.54, 1.807) is 6.92 Å². The third kappa shape index (κ3) is 4.77. The van der Waals surface area contributed by atoms with Gasteiger partial charge in [0.05, 0.1) is 48.0 Å². The first-order valence-corrected chi connectivity index (χ1v) is 13.3. The summed E-state index contributed by atoms with van der Waals surface area (Å²) >= 11 is 1.48. The molecule has 2 unspecified atom stereocenters. The van der Waals surface area contributed by atoms with Crippen molar-refractivity contribution in [3.8, 4) is 5.75 Å². The van der Waals surface area contributed by atoms with Crippen molar-refractivity contribution in [1.29, 1.82) is 0 Å². The van der Waals surface area contributed by atoms with E-state index in [2.05, 4.69) is 5.32 Å². The van der Waals surface area contributed by atoms with Crippen LogP contribution in [-0.2, 0) is 24.3 Å². The zero-order chi connectivity index (χ0) is 23.6. The van der Waals surface area contributed by atoms with E-state index in [0.29, 0.717) is 23.8 Å². The number of methoxy groups -OCH3 is 1. The van der Waals surface area contributed by atoms with Crippen LogP contribution in [0.3, 0.4) is 0 Å². The molecule has 1 N–H and O–H groups in total. The topological polar surface area (TPSA) is 111 Å². The second-order valence-electron chi connectivity index (χ2n) is 7.99. The fraction of sp³-hybridized carbons (Fsp3) is 0.545. The van der Waals surface area contributed by atoms with Crippen LogP contribution < -0.4 is 10.1 Å². The fourth-order valence-electron chi connectivity index (χ4n) is 4.46. The largest absolute Gasteiger partial charge is 0.496 e. The van der Waals surface area contributed by atoms with Crippen molar-refractivity contribution in [2.24, 2.45) is 5.92 Å². The van der Waals surface area contributed by atoms with Crippen LogP contribution >= 0.6 is 11.8 Å². The Kier molecular flexibility index (Phi) is 7.32. The fourth-order valence-corrected chi connectivity index (χ4v) is 7.43. The molecule has 4 rings (SSSR count). The molecule has 2 fully saturated rings. The molecule has 0 radical (unpaired) electrons. The monoisotopic (exact) mass is 496 g/mol. The molecule has 0 spiro atoms. The van der Waals surface area contributed by atoms with Crippen LogP contribution in [0.1, 0.15) is 36.5 Å². The molecular weight excluding hydrogens is 468 g/mol. The van der Waals surface area contributed by atoms with Gasteiger partial charge in [0.25, 0.3) is 5.91 Å². The molecule has 11 heteroatoms. The van der Waals surface area contributed by atoms with Crippen LogP contribution in [0, 0.1) is 5.92 Å². The van der Waals surface area contributed by atoms with E-state index in [1.165, 1.54) is 41.4 Å². The summed E-state index contributed by atoms with van der Waals surface area (Å²) in [7, 11) is -2.37. The number of morpholine rings is 1. The summed E-state index contributed by atoms with van der Waals surface area (Å²) in [5.74, 6) is -0.644. The van der Waals surface area contributed by atoms with Crippen LogP contribution in [0.2, 0.25) is 0 Å². The number of benzene rings is 1. The number of carbonyl (C=O) groups excluding carboxylic acids is 2. The van der Waals surface area contributed by atoms with Gasteiger partial charge in [0.1, 0.15) is 5.75 Å². The van der Waals surface area contributed by atoms with Crippen LogP contribution in [0.5, 0.6) is 5.75 Å². The summed E-state index contributed by atoms with van der Waals surface area (Å²) in [6.07, 6.45) is 2.87. The SMILES string of the molecule is CCOC(=O)C1=C(NC(=O)c2cc(S(=O)(=O)N3CCOCC3)ccc2OC)SC2CCCC12. The van der Waals surface area contributed by atoms with E-state index in [-0.39, 0.29) is 47.1 Å². The van der Waals surface area contributed by atoms with E-state index >= 15 is 0 Å². The van der Waals surface area contributed by atoms with Gasteiger partial charge in [-0.25, -0.2) is 13.2 Å². The molecule has 1 amide bonds. The minimum Gasteiger partial charge on any atom is -0.496 e. The van der Waals surface area contributed by atoms with E-state index in [4.69, 9.17) is 14.2 Å². The van der Waals surface area contributed by atoms with Crippen molar-refractivity contribution < 1.29 is 32.2 Å². The van der Waals surface area contributed by atoms with Crippen LogP contribution in [0.4, 0.5) is 0 Å². The summed E-state index contributed by atoms with van der Waals surface area (Å²) in [4.78, 5) is 25.9. The number of sulfonamides is 1. The number of rotatable bonds is 7. The molecule has 2 heterocycles. The van der Waals surface area contributed by atoms with Crippen LogP contribution in [0.15, 0.2) is 33.7 Å². The van der Waals surface area contributed by atoms with Crippen LogP contribution in [0.25, 0.3) is 0 Å². The minimum absolute atomic E-state index is 0.00545. The molecule has 1 saturated heterocycles. The average Bonchev–Trinajstić information content (AvgIpc) is 3.40. The van der Waals surface area contributed by atoms with Gasteiger partial charge in [0.2, 0.25) is 10.0 Å². The number of fused-ring (bicyclic) bond motifs is 1. The molecule has 1 aromatic rings. The lowest BCUT2D eigenvalue weighted by atomic mass is 9.98. The highest BCUT2D eigenvalue weighted by molar-refractivity contribution is 8.04. The maximum atomic E-state index is 13.3. The van der Waals surface area contributed by atoms with Crippen molar-refractivity contribution in [1.82, 2.24) is 9.62 Å². The number of thioether (sulfide) groups is 1. The summed E-state index contributed by atoms with van der Waals surface area (Å²) < 4.78 is 43.3. The molecule has 0 bridgehead atoms. The van der Waals surface area contributed by atoms with Gasteiger partial charge in [0.15, 0.2) is 0 Å². The Balaban J connectivity index is 1.64. The summed E-state index contributed by atoms with van der Waals surface area (Å²) in [5, 5.41) is 3.55. The van der Waals surface area contributed by atoms with Crippen molar-refractivity contribution >= 4 is 33.7 Å². The molecule has 33 heavy (non-hydrogen) atoms. The lowest BCUT2D eigenvalue weighted by molar-refractivity contribution is -0.139. The average molecular weight is 497 g/mol. The summed E-state index contributed by atoms with van der Waals surface area (Å²) in [5.41, 5.74) is 0.592. The van der Waals surface area contributed by atoms with Gasteiger partial charge in [-0.15, -0.1) is 11.8 Å². The molecule has 9 nitrogen and oxygen atoms in total. The molecule has 1 aliphatic carbocycles. The zero-order valence-corrected chi connectivity index (χ0v) is 20.3. The first-order chi connectivity index (χ1) is 15.9. The third-order valence-electron chi connectivity index (χ3n) is 6.08. The molecular formula is C22H28N2O7S2. The Hall–Kier alpha value is -2.08. The zero-order valence-electron chi connectivity index (χ0n) is 18.7. The summed E-state index contributed by atoms with van der Waals surface area (Å²) in [6, 6.07) is 4.22. The number of nitrogens with one attached hydrogen (secondary N) is 1. The van der Waals surface area contributed by atoms with Gasteiger partial charge >= 0.3 is 5.97 Å². The highest BCUT2D eigenvalue weighted by Crippen LogP contribution is 2.50. The highest BCUT2D eigenvalue weighted by atomic mass is 32.2. The Morgan fingerprint density at radius 2 is 2.00 bits per heavy atom. The van der Waals surface area contributed by atoms with Gasteiger partial charge in [-0.2, -0.15) is 4.31 Å². The maximum Gasteiger partial charge on any atom is 0.336 e. The van der Waals surface area contributed by atoms with Crippen molar-refractivity contribution in [3.05, 3.63) is 34.4 Å². The van der Waals surface area contributed by atoms with E-state index in [0.717, 1.165) is 19.3 Å². The van der Waals surface area contributed by atoms with E-state index < -0.39 is 21.9 Å². The van der Waals surface area contributed by atoms with E-state index in [9.17, 15) is 18.0 Å². The van der Waals surface area contributed by atoms with Gasteiger partial charge in [0, 0.05) is 24.3 Å². The quantitative estimate of drug-likeness (QED) is 0.572. The molecule has 0 aromatic heterocycles. The number of hydrogen-bond acceptors (Lipinski definition) is 8. The Morgan fingerprint density at radius 3 is 2.70 bits per heavy atom. The molecule has 180 valence electrons. The van der Waals surface area contributed by atoms with Crippen LogP contribution in [-0.4, -0.2) is 69.9 Å². The number of hydrogen-bond donors (Lipinski definition) is 1. The number of ether oxygens (including phenoxy) is 3. The Labute approximate surface area is 197 Å². The van der Waals surface area contributed by atoms with Gasteiger partial charge in [-0.3, -0.25) is 4.79 Å². The second-order valence-corrected chi connectivity index (χ2v) is 11.2. The predicted molar refractivity (Wildman–Crippen MR) is 122 cm³/mol.